The van der Waals surface area contributed by atoms with Crippen molar-refractivity contribution in [3.8, 4) is 0 Å². The van der Waals surface area contributed by atoms with Crippen LogP contribution in [-0.4, -0.2) is 90.5 Å². The number of hydrogen-bond acceptors (Lipinski definition) is 10. The molecule has 1 aliphatic heterocycles. The lowest BCUT2D eigenvalue weighted by Gasteiger charge is -2.21. The Morgan fingerprint density at radius 3 is 2.53 bits per heavy atom. The highest BCUT2D eigenvalue weighted by Gasteiger charge is 2.44. The quantitative estimate of drug-likeness (QED) is 0.240. The summed E-state index contributed by atoms with van der Waals surface area (Å²) in [7, 11) is 0. The summed E-state index contributed by atoms with van der Waals surface area (Å²) in [4.78, 5) is 45.1. The number of imidazole rings is 1. The lowest BCUT2D eigenvalue weighted by molar-refractivity contribution is -0.122. The Kier molecular flexibility index (Phi) is 10.1. The maximum absolute atomic E-state index is 12.7. The van der Waals surface area contributed by atoms with Crippen LogP contribution >= 0.6 is 12.4 Å². The minimum atomic E-state index is -1.11. The summed E-state index contributed by atoms with van der Waals surface area (Å²) in [5.74, 6) is 0.747. The molecule has 43 heavy (non-hydrogen) atoms. The van der Waals surface area contributed by atoms with Crippen LogP contribution in [-0.2, 0) is 4.79 Å². The van der Waals surface area contributed by atoms with Crippen molar-refractivity contribution in [2.45, 2.75) is 83.7 Å². The highest BCUT2D eigenvalue weighted by Crippen LogP contribution is 2.35. The van der Waals surface area contributed by atoms with Crippen LogP contribution in [0.4, 0.5) is 11.8 Å². The van der Waals surface area contributed by atoms with Crippen molar-refractivity contribution >= 4 is 47.2 Å². The summed E-state index contributed by atoms with van der Waals surface area (Å²) < 4.78 is 1.78. The first-order chi connectivity index (χ1) is 20.0. The highest BCUT2D eigenvalue weighted by molar-refractivity contribution is 5.94. The van der Waals surface area contributed by atoms with E-state index in [1.165, 1.54) is 0 Å². The first-order valence-electron chi connectivity index (χ1n) is 14.6. The van der Waals surface area contributed by atoms with Gasteiger partial charge < -0.3 is 35.6 Å². The summed E-state index contributed by atoms with van der Waals surface area (Å²) in [6.45, 7) is 10.1. The van der Waals surface area contributed by atoms with Gasteiger partial charge in [-0.3, -0.25) is 14.6 Å². The molecule has 3 aromatic heterocycles. The van der Waals surface area contributed by atoms with Crippen molar-refractivity contribution in [2.75, 3.05) is 29.9 Å². The molecule has 5 N–H and O–H groups in total. The van der Waals surface area contributed by atoms with E-state index < -0.39 is 24.3 Å². The number of carbonyl (C=O) groups is 2. The lowest BCUT2D eigenvalue weighted by atomic mass is 9.92. The number of carbonyl (C=O) groups excluding carboxylic acids is 2. The molecule has 5 atom stereocenters. The van der Waals surface area contributed by atoms with Crippen molar-refractivity contribution in [1.29, 1.82) is 0 Å². The van der Waals surface area contributed by atoms with Crippen LogP contribution < -0.4 is 20.9 Å². The number of nitrogens with zero attached hydrogens (tertiary/aromatic N) is 6. The summed E-state index contributed by atoms with van der Waals surface area (Å²) >= 11 is 0. The molecule has 0 spiro atoms. The number of rotatable bonds is 9. The van der Waals surface area contributed by atoms with Crippen LogP contribution in [0.15, 0.2) is 30.9 Å². The summed E-state index contributed by atoms with van der Waals surface area (Å²) in [5, 5.41) is 31.0. The zero-order chi connectivity index (χ0) is 30.0. The molecular formula is C29H42ClN9O4. The Hall–Kier alpha value is -3.55. The molecule has 1 aliphatic carbocycles. The first kappa shape index (κ1) is 32.4. The third-order valence-electron chi connectivity index (χ3n) is 8.00. The number of amides is 2. The molecule has 1 saturated carbocycles. The number of anilines is 2. The first-order valence-corrected chi connectivity index (χ1v) is 14.6. The molecule has 1 unspecified atom stereocenters. The maximum atomic E-state index is 12.7. The molecule has 2 aliphatic rings. The zero-order valence-corrected chi connectivity index (χ0v) is 25.8. The van der Waals surface area contributed by atoms with Gasteiger partial charge >= 0.3 is 0 Å². The Bertz CT molecular complexity index is 1410. The molecule has 2 fully saturated rings. The van der Waals surface area contributed by atoms with Gasteiger partial charge in [0.2, 0.25) is 11.9 Å². The fourth-order valence-corrected chi connectivity index (χ4v) is 5.54. The molecule has 1 saturated heterocycles. The van der Waals surface area contributed by atoms with Gasteiger partial charge in [-0.1, -0.05) is 27.7 Å². The largest absolute Gasteiger partial charge is 0.388 e. The monoisotopic (exact) mass is 615 g/mol. The average molecular weight is 616 g/mol. The second-order valence-electron chi connectivity index (χ2n) is 12.4. The minimum Gasteiger partial charge on any atom is -0.388 e. The predicted molar refractivity (Wildman–Crippen MR) is 165 cm³/mol. The Labute approximate surface area is 257 Å². The normalized spacial score (nSPS) is 23.7. The van der Waals surface area contributed by atoms with Gasteiger partial charge in [-0.25, -0.2) is 4.98 Å². The molecule has 13 nitrogen and oxygen atoms in total. The number of hydrogen-bond donors (Lipinski definition) is 5. The highest BCUT2D eigenvalue weighted by atomic mass is 35.5. The molecule has 14 heteroatoms. The number of halogens is 1. The molecule has 2 amide bonds. The molecule has 5 rings (SSSR count). The fourth-order valence-electron chi connectivity index (χ4n) is 5.54. The maximum Gasteiger partial charge on any atom is 0.251 e. The Morgan fingerprint density at radius 1 is 1.09 bits per heavy atom. The van der Waals surface area contributed by atoms with Gasteiger partial charge in [0.05, 0.1) is 18.4 Å². The Morgan fingerprint density at radius 2 is 1.84 bits per heavy atom. The van der Waals surface area contributed by atoms with Gasteiger partial charge in [0.25, 0.3) is 5.91 Å². The van der Waals surface area contributed by atoms with Crippen LogP contribution in [0.1, 0.15) is 69.8 Å². The second-order valence-corrected chi connectivity index (χ2v) is 12.4. The van der Waals surface area contributed by atoms with Crippen LogP contribution in [0, 0.1) is 5.41 Å². The van der Waals surface area contributed by atoms with E-state index in [9.17, 15) is 19.8 Å². The van der Waals surface area contributed by atoms with Crippen molar-refractivity contribution < 1.29 is 19.8 Å². The summed E-state index contributed by atoms with van der Waals surface area (Å²) in [5.41, 5.74) is 1.78. The molecule has 0 bridgehead atoms. The third-order valence-corrected chi connectivity index (χ3v) is 8.00. The van der Waals surface area contributed by atoms with E-state index in [-0.39, 0.29) is 42.1 Å². The van der Waals surface area contributed by atoms with Crippen molar-refractivity contribution in [2.24, 2.45) is 5.41 Å². The summed E-state index contributed by atoms with van der Waals surface area (Å²) in [6.07, 6.45) is 4.84. The van der Waals surface area contributed by atoms with E-state index in [0.717, 1.165) is 12.8 Å². The van der Waals surface area contributed by atoms with Crippen molar-refractivity contribution in [3.63, 3.8) is 0 Å². The predicted octanol–water partition coefficient (Wildman–Crippen LogP) is 2.06. The van der Waals surface area contributed by atoms with Crippen molar-refractivity contribution in [1.82, 2.24) is 35.1 Å². The van der Waals surface area contributed by atoms with E-state index >= 15 is 0 Å². The zero-order valence-electron chi connectivity index (χ0n) is 25.0. The Balaban J connectivity index is 0.00000423. The van der Waals surface area contributed by atoms with Crippen LogP contribution in [0.3, 0.4) is 0 Å². The molecule has 234 valence electrons. The molecular weight excluding hydrogens is 574 g/mol. The van der Waals surface area contributed by atoms with Gasteiger partial charge in [0, 0.05) is 50.1 Å². The number of aromatic nitrogens is 5. The standard InChI is InChI=1S/C29H41N9O4.ClH/c1-5-21(39)34-19-14-20(24(41)23(19)40)38-16-32-22-25(31-12-9-29(2,3)4)35-28(36-26(22)38)37-13-8-18(15-37)33-27(42)17-6-10-30-11-7-17;/h6-7,10-11,16,18-20,23-24,40-41H,5,8-9,12-15H2,1-4H3,(H,33,42)(H,34,39)(H,31,35,36);1H/t18?,19-,20+,23+,24-;/m0./s1. The topological polar surface area (TPSA) is 170 Å². The van der Waals surface area contributed by atoms with Crippen LogP contribution in [0.25, 0.3) is 11.2 Å². The number of pyridine rings is 1. The number of fused-ring (bicyclic) bond motifs is 1. The average Bonchev–Trinajstić information content (AvgIpc) is 3.67. The van der Waals surface area contributed by atoms with Gasteiger partial charge in [-0.05, 0) is 36.8 Å². The van der Waals surface area contributed by atoms with E-state index in [1.807, 2.05) is 4.90 Å². The lowest BCUT2D eigenvalue weighted by Crippen LogP contribution is -2.42. The fraction of sp³-hybridized carbons (Fsp3) is 0.586. The van der Waals surface area contributed by atoms with E-state index in [2.05, 4.69) is 46.7 Å². The molecule has 0 radical (unpaired) electrons. The number of nitrogens with one attached hydrogen (secondary N) is 3. The third kappa shape index (κ3) is 7.34. The van der Waals surface area contributed by atoms with Crippen LogP contribution in [0.2, 0.25) is 0 Å². The molecule has 0 aromatic carbocycles. The van der Waals surface area contributed by atoms with Gasteiger partial charge in [-0.2, -0.15) is 9.97 Å². The number of aliphatic hydroxyl groups is 2. The number of aliphatic hydroxyl groups excluding tert-OH is 2. The van der Waals surface area contributed by atoms with Gasteiger partial charge in [-0.15, -0.1) is 12.4 Å². The van der Waals surface area contributed by atoms with Crippen molar-refractivity contribution in [3.05, 3.63) is 36.4 Å². The SMILES string of the molecule is CCC(=O)N[C@H]1C[C@@H](n2cnc3c(NCCC(C)(C)C)nc(N4CCC(NC(=O)c5ccncc5)C4)nc32)[C@H](O)[C@@H]1O.Cl. The van der Waals surface area contributed by atoms with E-state index in [0.29, 0.717) is 54.5 Å². The molecule has 4 heterocycles. The van der Waals surface area contributed by atoms with Crippen LogP contribution in [0.5, 0.6) is 0 Å². The minimum absolute atomic E-state index is 0. The smallest absolute Gasteiger partial charge is 0.251 e. The van der Waals surface area contributed by atoms with E-state index in [4.69, 9.17) is 9.97 Å². The van der Waals surface area contributed by atoms with E-state index in [1.54, 1.807) is 42.3 Å². The molecule has 3 aromatic rings. The summed E-state index contributed by atoms with van der Waals surface area (Å²) in [6, 6.07) is 2.17. The van der Waals surface area contributed by atoms with Gasteiger partial charge in [0.1, 0.15) is 12.2 Å². The second kappa shape index (κ2) is 13.4. The van der Waals surface area contributed by atoms with Gasteiger partial charge in [0.15, 0.2) is 17.0 Å².